The van der Waals surface area contributed by atoms with Gasteiger partial charge in [-0.15, -0.1) is 0 Å². The quantitative estimate of drug-likeness (QED) is 0.942. The predicted molar refractivity (Wildman–Crippen MR) is 88.4 cm³/mol. The summed E-state index contributed by atoms with van der Waals surface area (Å²) in [5.74, 6) is -1.33. The Hall–Kier alpha value is -2.66. The van der Waals surface area contributed by atoms with Crippen molar-refractivity contribution in [2.75, 3.05) is 0 Å². The minimum Gasteiger partial charge on any atom is -0.479 e. The second-order valence-corrected chi connectivity index (χ2v) is 6.22. The van der Waals surface area contributed by atoms with Gasteiger partial charge in [-0.1, -0.05) is 48.5 Å². The van der Waals surface area contributed by atoms with Gasteiger partial charge in [-0.2, -0.15) is 0 Å². The van der Waals surface area contributed by atoms with Crippen molar-refractivity contribution < 1.29 is 19.4 Å². The van der Waals surface area contributed by atoms with Crippen LogP contribution in [0.4, 0.5) is 0 Å². The van der Waals surface area contributed by atoms with Crippen LogP contribution in [0.3, 0.4) is 0 Å². The predicted octanol–water partition coefficient (Wildman–Crippen LogP) is 3.09. The highest BCUT2D eigenvalue weighted by Crippen LogP contribution is 2.42. The Morgan fingerprint density at radius 3 is 2.08 bits per heavy atom. The van der Waals surface area contributed by atoms with Crippen LogP contribution in [-0.4, -0.2) is 33.7 Å². The molecule has 1 saturated heterocycles. The average Bonchev–Trinajstić information content (AvgIpc) is 2.87. The Kier molecular flexibility index (Phi) is 4.11. The zero-order valence-electron chi connectivity index (χ0n) is 13.5. The van der Waals surface area contributed by atoms with E-state index in [0.29, 0.717) is 5.56 Å². The second-order valence-electron chi connectivity index (χ2n) is 6.22. The smallest absolute Gasteiger partial charge is 0.335 e. The molecule has 2 atom stereocenters. The van der Waals surface area contributed by atoms with Gasteiger partial charge in [0.1, 0.15) is 5.72 Å². The summed E-state index contributed by atoms with van der Waals surface area (Å²) in [5.41, 5.74) is 0.206. The second kappa shape index (κ2) is 6.09. The van der Waals surface area contributed by atoms with E-state index < -0.39 is 23.8 Å². The largest absolute Gasteiger partial charge is 0.479 e. The minimum absolute atomic E-state index is 0.252. The highest BCUT2D eigenvalue weighted by molar-refractivity contribution is 5.95. The molecule has 1 aliphatic heterocycles. The molecule has 124 valence electrons. The van der Waals surface area contributed by atoms with Crippen LogP contribution in [0.5, 0.6) is 0 Å². The Balaban J connectivity index is 2.09. The van der Waals surface area contributed by atoms with Gasteiger partial charge in [-0.25, -0.2) is 4.79 Å². The van der Waals surface area contributed by atoms with Crippen LogP contribution in [0.25, 0.3) is 0 Å². The van der Waals surface area contributed by atoms with E-state index >= 15 is 0 Å². The van der Waals surface area contributed by atoms with Crippen molar-refractivity contribution >= 4 is 11.9 Å². The summed E-state index contributed by atoms with van der Waals surface area (Å²) < 4.78 is 5.74. The molecule has 2 aromatic rings. The molecule has 2 aromatic carbocycles. The van der Waals surface area contributed by atoms with Gasteiger partial charge in [-0.3, -0.25) is 4.79 Å². The number of carbonyl (C=O) groups excluding carboxylic acids is 1. The molecule has 1 aliphatic rings. The molecule has 24 heavy (non-hydrogen) atoms. The number of ether oxygens (including phenoxy) is 1. The van der Waals surface area contributed by atoms with Gasteiger partial charge in [0.25, 0.3) is 5.91 Å². The summed E-state index contributed by atoms with van der Waals surface area (Å²) in [6.45, 7) is 3.43. The van der Waals surface area contributed by atoms with Gasteiger partial charge >= 0.3 is 5.97 Å². The van der Waals surface area contributed by atoms with Crippen LogP contribution in [0, 0.1) is 0 Å². The molecule has 0 aromatic heterocycles. The first-order chi connectivity index (χ1) is 11.4. The van der Waals surface area contributed by atoms with Crippen LogP contribution < -0.4 is 0 Å². The van der Waals surface area contributed by atoms with Gasteiger partial charge in [-0.05, 0) is 31.5 Å². The third-order valence-corrected chi connectivity index (χ3v) is 4.18. The number of hydrogen-bond acceptors (Lipinski definition) is 3. The SMILES string of the molecule is CC1(C)O[C@H](C(=O)O)[C@H](c2ccccc2)N1C(=O)c1ccccc1. The first-order valence-corrected chi connectivity index (χ1v) is 7.76. The summed E-state index contributed by atoms with van der Waals surface area (Å²) in [6.07, 6.45) is -1.12. The molecule has 0 radical (unpaired) electrons. The maximum atomic E-state index is 13.1. The number of hydrogen-bond donors (Lipinski definition) is 1. The molecule has 1 fully saturated rings. The van der Waals surface area contributed by atoms with Crippen LogP contribution in [0.1, 0.15) is 35.8 Å². The number of aliphatic carboxylic acids is 1. The van der Waals surface area contributed by atoms with Gasteiger partial charge in [0.15, 0.2) is 6.10 Å². The standard InChI is InChI=1S/C19H19NO4/c1-19(2)20(17(21)14-11-7-4-8-12-14)15(16(24-19)18(22)23)13-9-5-3-6-10-13/h3-12,15-16H,1-2H3,(H,22,23)/t15-,16-/m0/s1. The maximum absolute atomic E-state index is 13.1. The fourth-order valence-corrected chi connectivity index (χ4v) is 3.15. The summed E-state index contributed by atoms with van der Waals surface area (Å²) >= 11 is 0. The third-order valence-electron chi connectivity index (χ3n) is 4.18. The molecule has 0 spiro atoms. The lowest BCUT2D eigenvalue weighted by Crippen LogP contribution is -2.45. The first-order valence-electron chi connectivity index (χ1n) is 7.76. The monoisotopic (exact) mass is 325 g/mol. The zero-order valence-corrected chi connectivity index (χ0v) is 13.5. The average molecular weight is 325 g/mol. The highest BCUT2D eigenvalue weighted by Gasteiger charge is 2.53. The van der Waals surface area contributed by atoms with E-state index in [1.165, 1.54) is 4.90 Å². The molecule has 5 heteroatoms. The molecule has 1 N–H and O–H groups in total. The molecular weight excluding hydrogens is 306 g/mol. The third kappa shape index (κ3) is 2.78. The minimum atomic E-state index is -1.12. The number of amides is 1. The molecule has 0 bridgehead atoms. The Morgan fingerprint density at radius 1 is 1.00 bits per heavy atom. The van der Waals surface area contributed by atoms with E-state index in [9.17, 15) is 14.7 Å². The lowest BCUT2D eigenvalue weighted by Gasteiger charge is -2.33. The molecule has 0 unspecified atom stereocenters. The molecule has 1 amide bonds. The number of carboxylic acid groups (broad SMARTS) is 1. The molecular formula is C19H19NO4. The van der Waals surface area contributed by atoms with Crippen LogP contribution >= 0.6 is 0 Å². The van der Waals surface area contributed by atoms with Crippen molar-refractivity contribution in [2.45, 2.75) is 31.7 Å². The lowest BCUT2D eigenvalue weighted by molar-refractivity contribution is -0.154. The Morgan fingerprint density at radius 2 is 1.54 bits per heavy atom. The normalized spacial score (nSPS) is 22.3. The van der Waals surface area contributed by atoms with E-state index in [-0.39, 0.29) is 5.91 Å². The topological polar surface area (TPSA) is 66.8 Å². The van der Waals surface area contributed by atoms with Crippen molar-refractivity contribution in [3.63, 3.8) is 0 Å². The number of rotatable bonds is 3. The number of carboxylic acids is 1. The van der Waals surface area contributed by atoms with E-state index in [1.54, 1.807) is 38.1 Å². The Labute approximate surface area is 140 Å². The molecule has 5 nitrogen and oxygen atoms in total. The van der Waals surface area contributed by atoms with Crippen LogP contribution in [0.2, 0.25) is 0 Å². The van der Waals surface area contributed by atoms with Gasteiger partial charge in [0.05, 0.1) is 6.04 Å². The number of carbonyl (C=O) groups is 2. The molecule has 3 rings (SSSR count). The maximum Gasteiger partial charge on any atom is 0.335 e. The fourth-order valence-electron chi connectivity index (χ4n) is 3.15. The fraction of sp³-hybridized carbons (Fsp3) is 0.263. The van der Waals surface area contributed by atoms with Gasteiger partial charge < -0.3 is 14.7 Å². The van der Waals surface area contributed by atoms with Crippen molar-refractivity contribution in [3.05, 3.63) is 71.8 Å². The van der Waals surface area contributed by atoms with Crippen molar-refractivity contribution in [2.24, 2.45) is 0 Å². The van der Waals surface area contributed by atoms with Gasteiger partial charge in [0.2, 0.25) is 0 Å². The summed E-state index contributed by atoms with van der Waals surface area (Å²) in [4.78, 5) is 26.3. The van der Waals surface area contributed by atoms with E-state index in [4.69, 9.17) is 4.74 Å². The zero-order chi connectivity index (χ0) is 17.3. The van der Waals surface area contributed by atoms with Crippen molar-refractivity contribution in [1.82, 2.24) is 4.90 Å². The van der Waals surface area contributed by atoms with Crippen molar-refractivity contribution in [1.29, 1.82) is 0 Å². The summed E-state index contributed by atoms with van der Waals surface area (Å²) in [6, 6.07) is 17.3. The summed E-state index contributed by atoms with van der Waals surface area (Å²) in [5, 5.41) is 9.58. The van der Waals surface area contributed by atoms with Gasteiger partial charge in [0, 0.05) is 5.56 Å². The van der Waals surface area contributed by atoms with Crippen LogP contribution in [-0.2, 0) is 9.53 Å². The van der Waals surface area contributed by atoms with E-state index in [0.717, 1.165) is 5.56 Å². The van der Waals surface area contributed by atoms with E-state index in [2.05, 4.69) is 0 Å². The van der Waals surface area contributed by atoms with Crippen LogP contribution in [0.15, 0.2) is 60.7 Å². The Bertz CT molecular complexity index is 742. The summed E-state index contributed by atoms with van der Waals surface area (Å²) in [7, 11) is 0. The highest BCUT2D eigenvalue weighted by atomic mass is 16.6. The lowest BCUT2D eigenvalue weighted by atomic mass is 9.99. The van der Waals surface area contributed by atoms with Crippen molar-refractivity contribution in [3.8, 4) is 0 Å². The molecule has 0 saturated carbocycles. The first kappa shape index (κ1) is 16.2. The number of nitrogens with zero attached hydrogens (tertiary/aromatic N) is 1. The molecule has 1 heterocycles. The van der Waals surface area contributed by atoms with E-state index in [1.807, 2.05) is 36.4 Å². The molecule has 0 aliphatic carbocycles. The number of benzene rings is 2.